The minimum atomic E-state index is -0.873. The van der Waals surface area contributed by atoms with Gasteiger partial charge in [0.2, 0.25) is 12.7 Å². The van der Waals surface area contributed by atoms with Crippen LogP contribution in [0.3, 0.4) is 0 Å². The number of β-lactam (4-membered cyclic amide) rings is 1. The lowest BCUT2D eigenvalue weighted by Gasteiger charge is -2.44. The number of aromatic nitrogens is 1. The van der Waals surface area contributed by atoms with Gasteiger partial charge in [-0.15, -0.1) is 0 Å². The molecule has 3 heterocycles. The molecule has 0 spiro atoms. The first kappa shape index (κ1) is 26.0. The van der Waals surface area contributed by atoms with Gasteiger partial charge in [0.15, 0.2) is 0 Å². The number of esters is 2. The summed E-state index contributed by atoms with van der Waals surface area (Å²) in [5.41, 5.74) is 1.31. The Labute approximate surface area is 214 Å². The highest BCUT2D eigenvalue weighted by atomic mass is 16.7. The molecule has 1 saturated heterocycles. The Morgan fingerprint density at radius 1 is 1.14 bits per heavy atom. The molecule has 2 aliphatic rings. The van der Waals surface area contributed by atoms with Crippen molar-refractivity contribution in [2.45, 2.75) is 46.3 Å². The topological polar surface area (TPSA) is 135 Å². The number of fused-ring (bicyclic) bond motifs is 1. The Morgan fingerprint density at radius 3 is 2.43 bits per heavy atom. The zero-order valence-corrected chi connectivity index (χ0v) is 21.1. The second-order valence-corrected chi connectivity index (χ2v) is 10.1. The van der Waals surface area contributed by atoms with E-state index in [1.165, 1.54) is 11.1 Å². The first-order valence-corrected chi connectivity index (χ1v) is 11.9. The summed E-state index contributed by atoms with van der Waals surface area (Å²) >= 11 is 0. The highest BCUT2D eigenvalue weighted by molar-refractivity contribution is 6.07. The van der Waals surface area contributed by atoms with Gasteiger partial charge in [0.25, 0.3) is 5.91 Å². The molecule has 4 rings (SSSR count). The van der Waals surface area contributed by atoms with Crippen molar-refractivity contribution < 1.29 is 33.8 Å². The molecule has 0 saturated carbocycles. The van der Waals surface area contributed by atoms with Crippen LogP contribution < -0.4 is 5.32 Å². The molecular weight excluding hydrogens is 478 g/mol. The summed E-state index contributed by atoms with van der Waals surface area (Å²) in [5.74, 6) is -2.69. The van der Waals surface area contributed by atoms with Crippen LogP contribution in [0, 0.1) is 11.3 Å². The maximum atomic E-state index is 13.0. The van der Waals surface area contributed by atoms with Gasteiger partial charge in [-0.1, -0.05) is 18.2 Å². The predicted octanol–water partition coefficient (Wildman–Crippen LogP) is 2.75. The van der Waals surface area contributed by atoms with Crippen LogP contribution >= 0.6 is 0 Å². The van der Waals surface area contributed by atoms with Gasteiger partial charge in [0, 0.05) is 11.9 Å². The molecule has 2 amide bonds. The minimum Gasteiger partial charge on any atom is -0.427 e. The van der Waals surface area contributed by atoms with E-state index in [2.05, 4.69) is 10.3 Å². The maximum Gasteiger partial charge on any atom is 0.358 e. The number of benzene rings is 1. The molecule has 0 aliphatic carbocycles. The number of aliphatic hydroxyl groups is 1. The molecule has 0 unspecified atom stereocenters. The average molecular weight is 508 g/mol. The SMILES string of the molecule is C[C@@H](O)[C@H]1C(=O)N2C(C(=O)OCOC(=O)C(C)(C)C)=C(c3ccc(NC(=O)c4ccccn4)cc3)C[C@H]12. The summed E-state index contributed by atoms with van der Waals surface area (Å²) in [6.45, 7) is 5.99. The quantitative estimate of drug-likeness (QED) is 0.332. The average Bonchev–Trinajstić information content (AvgIpc) is 3.19. The van der Waals surface area contributed by atoms with Gasteiger partial charge in [0.1, 0.15) is 11.4 Å². The Bertz CT molecular complexity index is 1250. The molecule has 10 heteroatoms. The maximum absolute atomic E-state index is 13.0. The lowest BCUT2D eigenvalue weighted by molar-refractivity contribution is -0.175. The van der Waals surface area contributed by atoms with E-state index in [4.69, 9.17) is 9.47 Å². The number of ether oxygens (including phenoxy) is 2. The fourth-order valence-electron chi connectivity index (χ4n) is 4.38. The predicted molar refractivity (Wildman–Crippen MR) is 132 cm³/mol. The number of rotatable bonds is 7. The van der Waals surface area contributed by atoms with E-state index >= 15 is 0 Å². The highest BCUT2D eigenvalue weighted by Crippen LogP contribution is 2.47. The zero-order chi connectivity index (χ0) is 26.9. The van der Waals surface area contributed by atoms with Gasteiger partial charge in [0.05, 0.1) is 23.5 Å². The van der Waals surface area contributed by atoms with E-state index in [1.54, 1.807) is 70.2 Å². The number of anilines is 1. The third-order valence-electron chi connectivity index (χ3n) is 6.30. The van der Waals surface area contributed by atoms with E-state index in [-0.39, 0.29) is 29.2 Å². The van der Waals surface area contributed by atoms with Crippen molar-refractivity contribution in [3.63, 3.8) is 0 Å². The standard InChI is InChI=1S/C27H29N3O7/c1-15(31)21-20-13-18(16-8-10-17(11-9-16)29-23(32)19-7-5-6-12-28-19)22(30(20)24(21)33)25(34)36-14-37-26(35)27(2,3)4/h5-12,15,20-21,31H,13-14H2,1-4H3,(H,29,32)/t15-,20-,21-/m1/s1. The van der Waals surface area contributed by atoms with Crippen LogP contribution in [0.25, 0.3) is 5.57 Å². The molecule has 1 fully saturated rings. The smallest absolute Gasteiger partial charge is 0.358 e. The fraction of sp³-hybridized carbons (Fsp3) is 0.370. The van der Waals surface area contributed by atoms with E-state index in [0.717, 1.165) is 0 Å². The second kappa shape index (κ2) is 10.1. The van der Waals surface area contributed by atoms with Gasteiger partial charge < -0.3 is 24.8 Å². The van der Waals surface area contributed by atoms with E-state index in [1.807, 2.05) is 0 Å². The first-order chi connectivity index (χ1) is 17.5. The van der Waals surface area contributed by atoms with Gasteiger partial charge in [-0.25, -0.2) is 4.79 Å². The Hall–Kier alpha value is -4.05. The number of hydrogen-bond acceptors (Lipinski definition) is 8. The molecule has 2 aromatic rings. The number of nitrogens with zero attached hydrogens (tertiary/aromatic N) is 2. The van der Waals surface area contributed by atoms with Crippen molar-refractivity contribution in [1.29, 1.82) is 0 Å². The van der Waals surface area contributed by atoms with Crippen LogP contribution in [-0.2, 0) is 23.9 Å². The normalized spacial score (nSPS) is 19.6. The van der Waals surface area contributed by atoms with Crippen LogP contribution in [0.5, 0.6) is 0 Å². The zero-order valence-electron chi connectivity index (χ0n) is 21.1. The second-order valence-electron chi connectivity index (χ2n) is 10.1. The van der Waals surface area contributed by atoms with Crippen LogP contribution in [0.4, 0.5) is 5.69 Å². The molecule has 0 radical (unpaired) electrons. The summed E-state index contributed by atoms with van der Waals surface area (Å²) in [7, 11) is 0. The number of nitrogens with one attached hydrogen (secondary N) is 1. The summed E-state index contributed by atoms with van der Waals surface area (Å²) in [6, 6.07) is 11.5. The number of pyridine rings is 1. The van der Waals surface area contributed by atoms with E-state index in [9.17, 15) is 24.3 Å². The number of hydrogen-bond donors (Lipinski definition) is 2. The Kier molecular flexibility index (Phi) is 7.13. The molecule has 194 valence electrons. The van der Waals surface area contributed by atoms with Crippen molar-refractivity contribution >= 4 is 35.0 Å². The summed E-state index contributed by atoms with van der Waals surface area (Å²) in [4.78, 5) is 55.6. The number of amides is 2. The minimum absolute atomic E-state index is 0.0592. The van der Waals surface area contributed by atoms with Crippen molar-refractivity contribution in [1.82, 2.24) is 9.88 Å². The van der Waals surface area contributed by atoms with E-state index in [0.29, 0.717) is 23.2 Å². The Balaban J connectivity index is 1.54. The molecule has 10 nitrogen and oxygen atoms in total. The molecular formula is C27H29N3O7. The van der Waals surface area contributed by atoms with Crippen molar-refractivity contribution in [3.05, 3.63) is 65.6 Å². The summed E-state index contributed by atoms with van der Waals surface area (Å²) < 4.78 is 10.2. The highest BCUT2D eigenvalue weighted by Gasteiger charge is 2.57. The van der Waals surface area contributed by atoms with Crippen molar-refractivity contribution in [2.24, 2.45) is 11.3 Å². The summed E-state index contributed by atoms with van der Waals surface area (Å²) in [6.07, 6.45) is 0.996. The molecule has 0 bridgehead atoms. The van der Waals surface area contributed by atoms with Gasteiger partial charge in [-0.2, -0.15) is 0 Å². The molecule has 2 N–H and O–H groups in total. The number of carbonyl (C=O) groups is 4. The number of aliphatic hydroxyl groups excluding tert-OH is 1. The molecule has 37 heavy (non-hydrogen) atoms. The van der Waals surface area contributed by atoms with Crippen LogP contribution in [-0.4, -0.2) is 57.7 Å². The van der Waals surface area contributed by atoms with Crippen molar-refractivity contribution in [2.75, 3.05) is 12.1 Å². The van der Waals surface area contributed by atoms with E-state index < -0.39 is 36.2 Å². The molecule has 3 atom stereocenters. The van der Waals surface area contributed by atoms with Crippen LogP contribution in [0.1, 0.15) is 50.2 Å². The Morgan fingerprint density at radius 2 is 1.84 bits per heavy atom. The first-order valence-electron chi connectivity index (χ1n) is 11.9. The molecule has 1 aromatic carbocycles. The largest absolute Gasteiger partial charge is 0.427 e. The third-order valence-corrected chi connectivity index (χ3v) is 6.30. The number of carbonyl (C=O) groups excluding carboxylic acids is 4. The third kappa shape index (κ3) is 5.24. The summed E-state index contributed by atoms with van der Waals surface area (Å²) in [5, 5.41) is 12.8. The fourth-order valence-corrected chi connectivity index (χ4v) is 4.38. The lowest BCUT2D eigenvalue weighted by atomic mass is 9.82. The monoisotopic (exact) mass is 507 g/mol. The van der Waals surface area contributed by atoms with Gasteiger partial charge in [-0.05, 0) is 69.5 Å². The molecule has 1 aromatic heterocycles. The lowest BCUT2D eigenvalue weighted by Crippen LogP contribution is -2.61. The van der Waals surface area contributed by atoms with Crippen LogP contribution in [0.15, 0.2) is 54.4 Å². The van der Waals surface area contributed by atoms with Gasteiger partial charge >= 0.3 is 11.9 Å². The van der Waals surface area contributed by atoms with Crippen molar-refractivity contribution in [3.8, 4) is 0 Å². The van der Waals surface area contributed by atoms with Gasteiger partial charge in [-0.3, -0.25) is 19.4 Å². The molecule has 2 aliphatic heterocycles. The van der Waals surface area contributed by atoms with Crippen LogP contribution in [0.2, 0.25) is 0 Å².